The van der Waals surface area contributed by atoms with Crippen molar-refractivity contribution >= 4 is 11.6 Å². The predicted molar refractivity (Wildman–Crippen MR) is 130 cm³/mol. The lowest BCUT2D eigenvalue weighted by atomic mass is 9.70. The van der Waals surface area contributed by atoms with E-state index < -0.39 is 11.8 Å². The zero-order chi connectivity index (χ0) is 24.7. The summed E-state index contributed by atoms with van der Waals surface area (Å²) in [5.74, 6) is -0.598. The molecule has 0 saturated heterocycles. The van der Waals surface area contributed by atoms with Crippen LogP contribution in [0.5, 0.6) is 5.75 Å². The third-order valence-corrected chi connectivity index (χ3v) is 5.80. The summed E-state index contributed by atoms with van der Waals surface area (Å²) in [5.41, 5.74) is 2.26. The Balaban J connectivity index is 1.72. The molecule has 1 N–H and O–H groups in total. The highest BCUT2D eigenvalue weighted by Crippen LogP contribution is 2.35. The van der Waals surface area contributed by atoms with E-state index in [1.165, 1.54) is 24.3 Å². The van der Waals surface area contributed by atoms with Gasteiger partial charge in [-0.25, -0.2) is 0 Å². The van der Waals surface area contributed by atoms with Crippen LogP contribution in [0.2, 0.25) is 0 Å². The van der Waals surface area contributed by atoms with E-state index in [0.717, 1.165) is 16.7 Å². The molecule has 4 rings (SSSR count). The van der Waals surface area contributed by atoms with Gasteiger partial charge in [-0.3, -0.25) is 4.79 Å². The van der Waals surface area contributed by atoms with E-state index in [4.69, 9.17) is 0 Å². The molecule has 0 unspecified atom stereocenters. The van der Waals surface area contributed by atoms with Crippen molar-refractivity contribution < 1.29 is 22.7 Å². The van der Waals surface area contributed by atoms with E-state index in [1.807, 2.05) is 91.0 Å². The minimum Gasteiger partial charge on any atom is -0.406 e. The molecule has 1 amide bonds. The molecule has 0 atom stereocenters. The topological polar surface area (TPSA) is 38.3 Å². The van der Waals surface area contributed by atoms with Crippen molar-refractivity contribution in [1.82, 2.24) is 0 Å². The van der Waals surface area contributed by atoms with Gasteiger partial charge in [0.1, 0.15) is 5.75 Å². The first-order valence-electron chi connectivity index (χ1n) is 11.1. The number of amides is 1. The van der Waals surface area contributed by atoms with Crippen molar-refractivity contribution in [2.24, 2.45) is 0 Å². The average Bonchev–Trinajstić information content (AvgIpc) is 2.86. The van der Waals surface area contributed by atoms with Gasteiger partial charge in [0.25, 0.3) is 0 Å². The van der Waals surface area contributed by atoms with Crippen LogP contribution in [0.15, 0.2) is 115 Å². The van der Waals surface area contributed by atoms with Crippen LogP contribution >= 0.6 is 0 Å². The number of benzene rings is 4. The molecule has 3 nitrogen and oxygen atoms in total. The number of carbonyl (C=O) groups excluding carboxylic acids is 1. The van der Waals surface area contributed by atoms with Crippen molar-refractivity contribution in [3.8, 4) is 5.75 Å². The lowest BCUT2D eigenvalue weighted by molar-refractivity contribution is -0.274. The molecular formula is C29H24F3NO2. The molecule has 35 heavy (non-hydrogen) atoms. The monoisotopic (exact) mass is 475 g/mol. The minimum absolute atomic E-state index is 0.249. The van der Waals surface area contributed by atoms with Crippen molar-refractivity contribution in [3.63, 3.8) is 0 Å². The fourth-order valence-corrected chi connectivity index (χ4v) is 4.19. The molecular weight excluding hydrogens is 451 g/mol. The number of carbonyl (C=O) groups is 1. The maximum absolute atomic E-state index is 14.0. The second kappa shape index (κ2) is 10.5. The van der Waals surface area contributed by atoms with Crippen LogP contribution in [-0.2, 0) is 23.1 Å². The van der Waals surface area contributed by atoms with E-state index in [2.05, 4.69) is 10.1 Å². The Morgan fingerprint density at radius 2 is 1.11 bits per heavy atom. The fraction of sp³-hybridized carbons (Fsp3) is 0.138. The summed E-state index contributed by atoms with van der Waals surface area (Å²) in [6.45, 7) is 0. The number of hydrogen-bond donors (Lipinski definition) is 1. The second-order valence-corrected chi connectivity index (χ2v) is 8.30. The average molecular weight is 476 g/mol. The van der Waals surface area contributed by atoms with Gasteiger partial charge in [-0.2, -0.15) is 0 Å². The van der Waals surface area contributed by atoms with Gasteiger partial charge in [0, 0.05) is 5.69 Å². The summed E-state index contributed by atoms with van der Waals surface area (Å²) in [6.07, 6.45) is -3.90. The van der Waals surface area contributed by atoms with Gasteiger partial charge in [-0.1, -0.05) is 91.0 Å². The first kappa shape index (κ1) is 24.1. The lowest BCUT2D eigenvalue weighted by Gasteiger charge is -2.34. The largest absolute Gasteiger partial charge is 0.573 e. The van der Waals surface area contributed by atoms with Crippen LogP contribution in [0.1, 0.15) is 16.7 Å². The Morgan fingerprint density at radius 3 is 1.57 bits per heavy atom. The second-order valence-electron chi connectivity index (χ2n) is 8.30. The van der Waals surface area contributed by atoms with Gasteiger partial charge in [0.15, 0.2) is 0 Å². The Bertz CT molecular complexity index is 1180. The Labute approximate surface area is 202 Å². The summed E-state index contributed by atoms with van der Waals surface area (Å²) < 4.78 is 41.5. The molecule has 0 spiro atoms. The highest BCUT2D eigenvalue weighted by molar-refractivity contribution is 5.99. The summed E-state index contributed by atoms with van der Waals surface area (Å²) in [6, 6.07) is 34.3. The summed E-state index contributed by atoms with van der Waals surface area (Å²) in [4.78, 5) is 14.0. The van der Waals surface area contributed by atoms with E-state index in [0.29, 0.717) is 18.5 Å². The molecule has 0 aliphatic rings. The molecule has 0 aromatic heterocycles. The van der Waals surface area contributed by atoms with Crippen molar-refractivity contribution in [3.05, 3.63) is 132 Å². The van der Waals surface area contributed by atoms with Crippen LogP contribution in [0, 0.1) is 0 Å². The normalized spacial score (nSPS) is 11.6. The van der Waals surface area contributed by atoms with Gasteiger partial charge in [-0.15, -0.1) is 13.2 Å². The molecule has 0 saturated carbocycles. The van der Waals surface area contributed by atoms with Gasteiger partial charge < -0.3 is 10.1 Å². The Hall–Kier alpha value is -4.06. The lowest BCUT2D eigenvalue weighted by Crippen LogP contribution is -2.44. The third-order valence-electron chi connectivity index (χ3n) is 5.80. The molecule has 0 aliphatic heterocycles. The first-order chi connectivity index (χ1) is 16.8. The molecule has 0 fully saturated rings. The molecule has 0 aliphatic carbocycles. The van der Waals surface area contributed by atoms with Crippen LogP contribution in [-0.4, -0.2) is 12.3 Å². The SMILES string of the molecule is O=C(Nc1ccc(OC(F)(F)F)cc1)C(Cc1ccccc1)(Cc1ccccc1)c1ccccc1. The maximum atomic E-state index is 14.0. The van der Waals surface area contributed by atoms with Crippen molar-refractivity contribution in [2.45, 2.75) is 24.6 Å². The maximum Gasteiger partial charge on any atom is 0.573 e. The molecule has 0 heterocycles. The summed E-state index contributed by atoms with van der Waals surface area (Å²) in [7, 11) is 0. The van der Waals surface area contributed by atoms with Gasteiger partial charge >= 0.3 is 6.36 Å². The number of ether oxygens (including phenoxy) is 1. The standard InChI is InChI=1S/C29H24F3NO2/c30-29(31,32)35-26-18-16-25(17-19-26)33-27(34)28(24-14-8-3-9-15-24,20-22-10-4-1-5-11-22)21-23-12-6-2-7-13-23/h1-19H,20-21H2,(H,33,34). The van der Waals surface area contributed by atoms with Crippen LogP contribution in [0.3, 0.4) is 0 Å². The highest BCUT2D eigenvalue weighted by Gasteiger charge is 2.40. The number of anilines is 1. The quantitative estimate of drug-likeness (QED) is 0.300. The minimum atomic E-state index is -4.78. The first-order valence-corrected chi connectivity index (χ1v) is 11.1. The molecule has 4 aromatic carbocycles. The molecule has 0 bridgehead atoms. The van der Waals surface area contributed by atoms with Crippen molar-refractivity contribution in [1.29, 1.82) is 0 Å². The summed E-state index contributed by atoms with van der Waals surface area (Å²) >= 11 is 0. The van der Waals surface area contributed by atoms with Gasteiger partial charge in [-0.05, 0) is 53.8 Å². The number of alkyl halides is 3. The van der Waals surface area contributed by atoms with Gasteiger partial charge in [0.2, 0.25) is 5.91 Å². The fourth-order valence-electron chi connectivity index (χ4n) is 4.19. The Morgan fingerprint density at radius 1 is 0.657 bits per heavy atom. The van der Waals surface area contributed by atoms with Gasteiger partial charge in [0.05, 0.1) is 5.41 Å². The third kappa shape index (κ3) is 6.29. The van der Waals surface area contributed by atoms with Crippen LogP contribution in [0.4, 0.5) is 18.9 Å². The highest BCUT2D eigenvalue weighted by atomic mass is 19.4. The van der Waals surface area contributed by atoms with E-state index >= 15 is 0 Å². The zero-order valence-corrected chi connectivity index (χ0v) is 18.8. The number of rotatable bonds is 8. The summed E-state index contributed by atoms with van der Waals surface area (Å²) in [5, 5.41) is 2.94. The molecule has 6 heteroatoms. The smallest absolute Gasteiger partial charge is 0.406 e. The number of nitrogens with one attached hydrogen (secondary N) is 1. The van der Waals surface area contributed by atoms with E-state index in [9.17, 15) is 18.0 Å². The number of hydrogen-bond acceptors (Lipinski definition) is 2. The molecule has 0 radical (unpaired) electrons. The van der Waals surface area contributed by atoms with E-state index in [1.54, 1.807) is 0 Å². The Kier molecular flexibility index (Phi) is 7.20. The zero-order valence-electron chi connectivity index (χ0n) is 18.8. The van der Waals surface area contributed by atoms with Crippen LogP contribution < -0.4 is 10.1 Å². The molecule has 178 valence electrons. The predicted octanol–water partition coefficient (Wildman–Crippen LogP) is 6.95. The van der Waals surface area contributed by atoms with Crippen LogP contribution in [0.25, 0.3) is 0 Å². The number of halogens is 3. The molecule has 4 aromatic rings. The van der Waals surface area contributed by atoms with Crippen molar-refractivity contribution in [2.75, 3.05) is 5.32 Å². The van der Waals surface area contributed by atoms with E-state index in [-0.39, 0.29) is 11.7 Å².